The van der Waals surface area contributed by atoms with Crippen molar-refractivity contribution in [3.63, 3.8) is 0 Å². The Balaban J connectivity index is 1.71. The molecule has 0 aliphatic carbocycles. The second kappa shape index (κ2) is 5.70. The Labute approximate surface area is 130 Å². The summed E-state index contributed by atoms with van der Waals surface area (Å²) in [5, 5.41) is 2.17. The number of carbonyl (C=O) groups is 1. The molecule has 0 spiro atoms. The number of nitrogens with one attached hydrogen (secondary N) is 1. The van der Waals surface area contributed by atoms with Crippen LogP contribution in [-0.2, 0) is 6.18 Å². The van der Waals surface area contributed by atoms with Crippen molar-refractivity contribution in [1.82, 2.24) is 15.2 Å². The standard InChI is InChI=1S/C14H15ClF3N3O/c15-12-9(14(16,17)18)1-2-10(19-12)13(22)20-11-7-21-5-3-8(11)4-6-21/h1-2,8,11H,3-7H2,(H,20,22). The van der Waals surface area contributed by atoms with Crippen LogP contribution in [0.25, 0.3) is 0 Å². The monoisotopic (exact) mass is 333 g/mol. The second-order valence-electron chi connectivity index (χ2n) is 5.75. The topological polar surface area (TPSA) is 45.2 Å². The molecule has 8 heteroatoms. The summed E-state index contributed by atoms with van der Waals surface area (Å²) in [6.45, 7) is 2.87. The Bertz CT molecular complexity index is 585. The molecule has 3 fully saturated rings. The van der Waals surface area contributed by atoms with Crippen molar-refractivity contribution in [3.8, 4) is 0 Å². The fourth-order valence-electron chi connectivity index (χ4n) is 3.14. The minimum Gasteiger partial charge on any atom is -0.346 e. The average Bonchev–Trinajstić information content (AvgIpc) is 2.47. The van der Waals surface area contributed by atoms with Gasteiger partial charge >= 0.3 is 6.18 Å². The lowest BCUT2D eigenvalue weighted by Crippen LogP contribution is -2.57. The van der Waals surface area contributed by atoms with Crippen LogP contribution in [0.1, 0.15) is 28.9 Å². The van der Waals surface area contributed by atoms with Gasteiger partial charge in [-0.1, -0.05) is 11.6 Å². The molecule has 1 N–H and O–H groups in total. The van der Waals surface area contributed by atoms with E-state index < -0.39 is 22.8 Å². The molecule has 3 aliphatic rings. The van der Waals surface area contributed by atoms with Gasteiger partial charge in [0.1, 0.15) is 10.8 Å². The van der Waals surface area contributed by atoms with E-state index in [-0.39, 0.29) is 11.7 Å². The molecule has 120 valence electrons. The summed E-state index contributed by atoms with van der Waals surface area (Å²) in [4.78, 5) is 18.0. The first-order valence-electron chi connectivity index (χ1n) is 7.11. The van der Waals surface area contributed by atoms with Gasteiger partial charge in [-0.05, 0) is 44.0 Å². The molecule has 3 saturated heterocycles. The van der Waals surface area contributed by atoms with Gasteiger partial charge in [0.15, 0.2) is 0 Å². The number of halogens is 4. The molecule has 2 bridgehead atoms. The van der Waals surface area contributed by atoms with E-state index in [0.717, 1.165) is 44.6 Å². The summed E-state index contributed by atoms with van der Waals surface area (Å²) in [7, 11) is 0. The summed E-state index contributed by atoms with van der Waals surface area (Å²) in [6, 6.07) is 1.88. The van der Waals surface area contributed by atoms with E-state index in [9.17, 15) is 18.0 Å². The van der Waals surface area contributed by atoms with Gasteiger partial charge in [-0.2, -0.15) is 13.2 Å². The molecule has 1 aromatic heterocycles. The average molecular weight is 334 g/mol. The van der Waals surface area contributed by atoms with Crippen molar-refractivity contribution in [1.29, 1.82) is 0 Å². The van der Waals surface area contributed by atoms with Crippen molar-refractivity contribution < 1.29 is 18.0 Å². The van der Waals surface area contributed by atoms with Gasteiger partial charge in [0.05, 0.1) is 5.56 Å². The normalized spacial score (nSPS) is 27.7. The van der Waals surface area contributed by atoms with E-state index in [1.165, 1.54) is 0 Å². The smallest absolute Gasteiger partial charge is 0.346 e. The number of pyridine rings is 1. The molecular weight excluding hydrogens is 319 g/mol. The SMILES string of the molecule is O=C(NC1CN2CCC1CC2)c1ccc(C(F)(F)F)c(Cl)n1. The zero-order valence-electron chi connectivity index (χ0n) is 11.7. The molecule has 4 heterocycles. The third kappa shape index (κ3) is 3.05. The molecule has 0 saturated carbocycles. The number of hydrogen-bond donors (Lipinski definition) is 1. The van der Waals surface area contributed by atoms with Crippen LogP contribution in [0.3, 0.4) is 0 Å². The molecule has 1 aromatic rings. The number of rotatable bonds is 2. The van der Waals surface area contributed by atoms with Gasteiger partial charge in [0.25, 0.3) is 5.91 Å². The maximum Gasteiger partial charge on any atom is 0.419 e. The van der Waals surface area contributed by atoms with Crippen LogP contribution >= 0.6 is 11.6 Å². The molecule has 3 aliphatic heterocycles. The number of carbonyl (C=O) groups excluding carboxylic acids is 1. The predicted molar refractivity (Wildman–Crippen MR) is 74.7 cm³/mol. The summed E-state index contributed by atoms with van der Waals surface area (Å²) in [5.41, 5.74) is -1.12. The number of hydrogen-bond acceptors (Lipinski definition) is 3. The summed E-state index contributed by atoms with van der Waals surface area (Å²) in [6.07, 6.45) is -2.51. The Morgan fingerprint density at radius 1 is 1.32 bits per heavy atom. The lowest BCUT2D eigenvalue weighted by Gasteiger charge is -2.44. The van der Waals surface area contributed by atoms with Gasteiger partial charge in [-0.15, -0.1) is 0 Å². The fourth-order valence-corrected chi connectivity index (χ4v) is 3.40. The van der Waals surface area contributed by atoms with E-state index in [4.69, 9.17) is 11.6 Å². The zero-order valence-corrected chi connectivity index (χ0v) is 12.4. The van der Waals surface area contributed by atoms with Gasteiger partial charge < -0.3 is 10.2 Å². The maximum absolute atomic E-state index is 12.6. The van der Waals surface area contributed by atoms with Crippen LogP contribution in [0.4, 0.5) is 13.2 Å². The second-order valence-corrected chi connectivity index (χ2v) is 6.11. The Hall–Kier alpha value is -1.34. The van der Waals surface area contributed by atoms with Crippen molar-refractivity contribution >= 4 is 17.5 Å². The minimum absolute atomic E-state index is 0.0258. The first-order valence-corrected chi connectivity index (χ1v) is 7.49. The third-order valence-electron chi connectivity index (χ3n) is 4.36. The van der Waals surface area contributed by atoms with Gasteiger partial charge in [0.2, 0.25) is 0 Å². The molecule has 0 radical (unpaired) electrons. The largest absolute Gasteiger partial charge is 0.419 e. The highest BCUT2D eigenvalue weighted by Gasteiger charge is 2.36. The number of alkyl halides is 3. The number of piperidine rings is 3. The summed E-state index contributed by atoms with van der Waals surface area (Å²) in [5.74, 6) is -0.0479. The molecule has 22 heavy (non-hydrogen) atoms. The lowest BCUT2D eigenvalue weighted by atomic mass is 9.84. The minimum atomic E-state index is -4.57. The van der Waals surface area contributed by atoms with E-state index >= 15 is 0 Å². The van der Waals surface area contributed by atoms with Crippen molar-refractivity contribution in [2.75, 3.05) is 19.6 Å². The summed E-state index contributed by atoms with van der Waals surface area (Å²) >= 11 is 5.54. The number of nitrogens with zero attached hydrogens (tertiary/aromatic N) is 2. The van der Waals surface area contributed by atoms with E-state index in [2.05, 4.69) is 15.2 Å². The van der Waals surface area contributed by atoms with Gasteiger partial charge in [-0.3, -0.25) is 4.79 Å². The summed E-state index contributed by atoms with van der Waals surface area (Å²) < 4.78 is 37.9. The van der Waals surface area contributed by atoms with E-state index in [1.807, 2.05) is 0 Å². The molecular formula is C14H15ClF3N3O. The van der Waals surface area contributed by atoms with Gasteiger partial charge in [0, 0.05) is 12.6 Å². The molecule has 4 nitrogen and oxygen atoms in total. The van der Waals surface area contributed by atoms with Crippen LogP contribution < -0.4 is 5.32 Å². The Kier molecular flexibility index (Phi) is 4.03. The van der Waals surface area contributed by atoms with Crippen LogP contribution in [0.15, 0.2) is 12.1 Å². The van der Waals surface area contributed by atoms with E-state index in [0.29, 0.717) is 5.92 Å². The fraction of sp³-hybridized carbons (Fsp3) is 0.571. The number of amides is 1. The van der Waals surface area contributed by atoms with E-state index in [1.54, 1.807) is 0 Å². The van der Waals surface area contributed by atoms with Crippen molar-refractivity contribution in [3.05, 3.63) is 28.5 Å². The van der Waals surface area contributed by atoms with Gasteiger partial charge in [-0.25, -0.2) is 4.98 Å². The predicted octanol–water partition coefficient (Wildman–Crippen LogP) is 2.58. The highest BCUT2D eigenvalue weighted by molar-refractivity contribution is 6.30. The first-order chi connectivity index (χ1) is 10.3. The van der Waals surface area contributed by atoms with Crippen LogP contribution in [0.5, 0.6) is 0 Å². The highest BCUT2D eigenvalue weighted by atomic mass is 35.5. The van der Waals surface area contributed by atoms with Crippen LogP contribution in [0, 0.1) is 5.92 Å². The highest BCUT2D eigenvalue weighted by Crippen LogP contribution is 2.33. The number of aromatic nitrogens is 1. The van der Waals surface area contributed by atoms with Crippen LogP contribution in [-0.4, -0.2) is 41.5 Å². The molecule has 0 aromatic carbocycles. The first kappa shape index (κ1) is 15.6. The molecule has 1 atom stereocenters. The number of fused-ring (bicyclic) bond motifs is 3. The van der Waals surface area contributed by atoms with Crippen molar-refractivity contribution in [2.24, 2.45) is 5.92 Å². The van der Waals surface area contributed by atoms with Crippen LogP contribution in [0.2, 0.25) is 5.15 Å². The molecule has 1 unspecified atom stereocenters. The quantitative estimate of drug-likeness (QED) is 0.846. The zero-order chi connectivity index (χ0) is 15.9. The third-order valence-corrected chi connectivity index (χ3v) is 4.65. The molecule has 1 amide bonds. The van der Waals surface area contributed by atoms with Crippen molar-refractivity contribution in [2.45, 2.75) is 25.1 Å². The molecule has 4 rings (SSSR count). The Morgan fingerprint density at radius 3 is 2.50 bits per heavy atom. The maximum atomic E-state index is 12.6. The lowest BCUT2D eigenvalue weighted by molar-refractivity contribution is -0.137. The Morgan fingerprint density at radius 2 is 2.00 bits per heavy atom.